The van der Waals surface area contributed by atoms with Crippen molar-refractivity contribution in [2.75, 3.05) is 0 Å². The first-order valence-corrected chi connectivity index (χ1v) is 10.7. The quantitative estimate of drug-likeness (QED) is 0.224. The largest absolute Gasteiger partial charge is 0.504 e. The van der Waals surface area contributed by atoms with Crippen LogP contribution in [0.15, 0.2) is 82.1 Å². The average Bonchev–Trinajstić information content (AvgIpc) is 2.86. The molecule has 0 amide bonds. The number of rotatable bonds is 2. The monoisotopic (exact) mass is 451 g/mol. The molecule has 0 saturated carbocycles. The highest BCUT2D eigenvalue weighted by Gasteiger charge is 2.37. The summed E-state index contributed by atoms with van der Waals surface area (Å²) in [6.45, 7) is 0. The number of pyridine rings is 1. The van der Waals surface area contributed by atoms with Crippen LogP contribution in [0.25, 0.3) is 33.2 Å². The molecule has 0 fully saturated rings. The molecule has 5 aromatic rings. The third-order valence-electron chi connectivity index (χ3n) is 6.15. The Morgan fingerprint density at radius 3 is 2.53 bits per heavy atom. The molecule has 1 aliphatic heterocycles. The first-order valence-electron chi connectivity index (χ1n) is 10.7. The summed E-state index contributed by atoms with van der Waals surface area (Å²) in [7, 11) is 0. The van der Waals surface area contributed by atoms with Gasteiger partial charge < -0.3 is 19.4 Å². The number of para-hydroxylation sites is 1. The van der Waals surface area contributed by atoms with Crippen molar-refractivity contribution in [3.05, 3.63) is 94.3 Å². The van der Waals surface area contributed by atoms with E-state index in [9.17, 15) is 19.8 Å². The maximum absolute atomic E-state index is 13.1. The maximum Gasteiger partial charge on any atom is 0.312 e. The first kappa shape index (κ1) is 20.0. The number of carbonyl (C=O) groups is 1. The van der Waals surface area contributed by atoms with Crippen LogP contribution < -0.4 is 10.2 Å². The van der Waals surface area contributed by atoms with Crippen molar-refractivity contribution >= 4 is 27.8 Å². The van der Waals surface area contributed by atoms with Crippen LogP contribution in [0.3, 0.4) is 0 Å². The van der Waals surface area contributed by atoms with Gasteiger partial charge in [0.15, 0.2) is 16.9 Å². The van der Waals surface area contributed by atoms with E-state index in [2.05, 4.69) is 4.98 Å². The van der Waals surface area contributed by atoms with Gasteiger partial charge in [-0.15, -0.1) is 0 Å². The van der Waals surface area contributed by atoms with E-state index in [0.29, 0.717) is 16.6 Å². The van der Waals surface area contributed by atoms with Crippen LogP contribution in [0, 0.1) is 0 Å². The molecule has 166 valence electrons. The fourth-order valence-corrected chi connectivity index (χ4v) is 4.63. The zero-order valence-corrected chi connectivity index (χ0v) is 17.7. The lowest BCUT2D eigenvalue weighted by molar-refractivity contribution is -0.135. The zero-order chi connectivity index (χ0) is 23.4. The van der Waals surface area contributed by atoms with E-state index in [1.54, 1.807) is 18.3 Å². The van der Waals surface area contributed by atoms with Gasteiger partial charge in [-0.3, -0.25) is 14.6 Å². The van der Waals surface area contributed by atoms with Crippen LogP contribution in [0.5, 0.6) is 17.2 Å². The number of benzene rings is 3. The van der Waals surface area contributed by atoms with Crippen molar-refractivity contribution in [2.24, 2.45) is 0 Å². The normalized spacial score (nSPS) is 15.3. The lowest BCUT2D eigenvalue weighted by atomic mass is 9.83. The molecule has 0 bridgehead atoms. The maximum atomic E-state index is 13.1. The number of carbonyl (C=O) groups excluding carboxylic acids is 1. The summed E-state index contributed by atoms with van der Waals surface area (Å²) in [4.78, 5) is 30.2. The van der Waals surface area contributed by atoms with Crippen molar-refractivity contribution in [3.63, 3.8) is 0 Å². The smallest absolute Gasteiger partial charge is 0.312 e. The molecule has 0 saturated heterocycles. The minimum atomic E-state index is -0.688. The Hall–Kier alpha value is -4.65. The van der Waals surface area contributed by atoms with Crippen LogP contribution in [0.1, 0.15) is 23.5 Å². The number of hydrogen-bond acceptors (Lipinski definition) is 7. The van der Waals surface area contributed by atoms with Gasteiger partial charge >= 0.3 is 5.97 Å². The third kappa shape index (κ3) is 2.94. The fourth-order valence-electron chi connectivity index (χ4n) is 4.63. The SMILES string of the molecule is O=C1C[C@H](c2cccc3cccnc23)c2c(c(O)c(O)c3c(=O)cc(-c4ccccc4)oc23)O1. The minimum Gasteiger partial charge on any atom is -0.504 e. The second kappa shape index (κ2) is 7.45. The van der Waals surface area contributed by atoms with Crippen LogP contribution in [-0.4, -0.2) is 21.2 Å². The lowest BCUT2D eigenvalue weighted by Gasteiger charge is -2.27. The molecule has 7 heteroatoms. The summed E-state index contributed by atoms with van der Waals surface area (Å²) >= 11 is 0. The number of fused-ring (bicyclic) bond motifs is 4. The van der Waals surface area contributed by atoms with Crippen molar-refractivity contribution in [1.29, 1.82) is 0 Å². The fraction of sp³-hybridized carbons (Fsp3) is 0.0741. The molecule has 34 heavy (non-hydrogen) atoms. The van der Waals surface area contributed by atoms with E-state index < -0.39 is 28.8 Å². The van der Waals surface area contributed by atoms with E-state index in [1.165, 1.54) is 6.07 Å². The lowest BCUT2D eigenvalue weighted by Crippen LogP contribution is -2.22. The second-order valence-corrected chi connectivity index (χ2v) is 8.14. The number of phenolic OH excluding ortho intramolecular Hbond substituents is 2. The molecule has 1 atom stereocenters. The number of nitrogens with zero attached hydrogens (tertiary/aromatic N) is 1. The van der Waals surface area contributed by atoms with Gasteiger partial charge in [0.05, 0.1) is 17.5 Å². The molecule has 6 rings (SSSR count). The molecule has 0 radical (unpaired) electrons. The minimum absolute atomic E-state index is 0.0543. The Bertz CT molecular complexity index is 1670. The van der Waals surface area contributed by atoms with Gasteiger partial charge in [-0.2, -0.15) is 0 Å². The number of phenols is 2. The van der Waals surface area contributed by atoms with Gasteiger partial charge in [-0.25, -0.2) is 0 Å². The molecule has 1 aliphatic rings. The predicted octanol–water partition coefficient (Wildman–Crippen LogP) is 4.86. The number of aromatic hydroxyl groups is 2. The van der Waals surface area contributed by atoms with Gasteiger partial charge in [0.25, 0.3) is 0 Å². The van der Waals surface area contributed by atoms with E-state index >= 15 is 0 Å². The summed E-state index contributed by atoms with van der Waals surface area (Å²) in [5.41, 5.74) is 1.91. The number of esters is 1. The highest BCUT2D eigenvalue weighted by molar-refractivity contribution is 5.97. The van der Waals surface area contributed by atoms with E-state index in [-0.39, 0.29) is 28.9 Å². The number of ether oxygens (including phenoxy) is 1. The molecule has 0 spiro atoms. The molecule has 3 aromatic carbocycles. The average molecular weight is 451 g/mol. The zero-order valence-electron chi connectivity index (χ0n) is 17.7. The summed E-state index contributed by atoms with van der Waals surface area (Å²) < 4.78 is 11.5. The van der Waals surface area contributed by atoms with Crippen LogP contribution in [0.4, 0.5) is 0 Å². The molecule has 0 unspecified atom stereocenters. The molecule has 3 heterocycles. The first-order chi connectivity index (χ1) is 16.5. The Labute approximate surface area is 192 Å². The van der Waals surface area contributed by atoms with Crippen molar-refractivity contribution in [3.8, 4) is 28.6 Å². The summed E-state index contributed by atoms with van der Waals surface area (Å²) in [5.74, 6) is -2.50. The molecule has 7 nitrogen and oxygen atoms in total. The highest BCUT2D eigenvalue weighted by atomic mass is 16.5. The summed E-state index contributed by atoms with van der Waals surface area (Å²) in [6.07, 6.45) is 1.61. The standard InChI is InChI=1S/C27H17NO6/c29-18-13-19(14-6-2-1-3-7-14)33-26-21-17(16-10-4-8-15-9-5-11-28-23(15)16)12-20(30)34-27(21)25(32)24(31)22(18)26/h1-11,13,17,31-32H,12H2/t17-/m1/s1. The Morgan fingerprint density at radius 2 is 1.71 bits per heavy atom. The van der Waals surface area contributed by atoms with Crippen LogP contribution in [0.2, 0.25) is 0 Å². The van der Waals surface area contributed by atoms with Gasteiger partial charge in [-0.1, -0.05) is 54.6 Å². The Kier molecular flexibility index (Phi) is 4.38. The number of hydrogen-bond donors (Lipinski definition) is 2. The van der Waals surface area contributed by atoms with E-state index in [4.69, 9.17) is 9.15 Å². The van der Waals surface area contributed by atoms with Crippen molar-refractivity contribution < 1.29 is 24.2 Å². The van der Waals surface area contributed by atoms with E-state index in [0.717, 1.165) is 10.9 Å². The van der Waals surface area contributed by atoms with Crippen LogP contribution in [-0.2, 0) is 4.79 Å². The third-order valence-corrected chi connectivity index (χ3v) is 6.15. The molecular formula is C27H17NO6. The van der Waals surface area contributed by atoms with Gasteiger partial charge in [0, 0.05) is 29.1 Å². The Morgan fingerprint density at radius 1 is 0.912 bits per heavy atom. The molecule has 2 N–H and O–H groups in total. The van der Waals surface area contributed by atoms with Crippen molar-refractivity contribution in [2.45, 2.75) is 12.3 Å². The molecular weight excluding hydrogens is 434 g/mol. The number of aromatic nitrogens is 1. The Balaban J connectivity index is 1.73. The highest BCUT2D eigenvalue weighted by Crippen LogP contribution is 2.52. The van der Waals surface area contributed by atoms with E-state index in [1.807, 2.05) is 48.5 Å². The predicted molar refractivity (Wildman–Crippen MR) is 125 cm³/mol. The summed E-state index contributed by atoms with van der Waals surface area (Å²) in [6, 6.07) is 19.7. The summed E-state index contributed by atoms with van der Waals surface area (Å²) in [5, 5.41) is 22.1. The molecule has 2 aromatic heterocycles. The van der Waals surface area contributed by atoms with Gasteiger partial charge in [0.1, 0.15) is 16.7 Å². The van der Waals surface area contributed by atoms with Gasteiger partial charge in [-0.05, 0) is 11.6 Å². The molecule has 0 aliphatic carbocycles. The van der Waals surface area contributed by atoms with Crippen molar-refractivity contribution in [1.82, 2.24) is 4.98 Å². The van der Waals surface area contributed by atoms with Gasteiger partial charge in [0.2, 0.25) is 5.75 Å². The van der Waals surface area contributed by atoms with Crippen LogP contribution >= 0.6 is 0 Å². The second-order valence-electron chi connectivity index (χ2n) is 8.14. The topological polar surface area (TPSA) is 110 Å².